The van der Waals surface area contributed by atoms with Gasteiger partial charge in [0.2, 0.25) is 11.8 Å². The number of nitrogens with zero attached hydrogens (tertiary/aromatic N) is 3. The van der Waals surface area contributed by atoms with Crippen LogP contribution < -0.4 is 0 Å². The standard InChI is InChI=1S/C14H21N3O2/c1-10-15-13(16-19-10)7-6-12-3-2-8-17(12)14(18)9-11-4-5-11/h11-12H,2-9H2,1H3. The average Bonchev–Trinajstić information content (AvgIpc) is 2.91. The maximum Gasteiger partial charge on any atom is 0.223 e. The molecule has 3 rings (SSSR count). The molecule has 0 N–H and O–H groups in total. The predicted octanol–water partition coefficient (Wildman–Crippen LogP) is 2.10. The van der Waals surface area contributed by atoms with Gasteiger partial charge in [0.15, 0.2) is 5.82 Å². The number of carbonyl (C=O) groups excluding carboxylic acids is 1. The van der Waals surface area contributed by atoms with Gasteiger partial charge in [0.05, 0.1) is 0 Å². The van der Waals surface area contributed by atoms with E-state index in [9.17, 15) is 4.79 Å². The molecule has 5 heteroatoms. The van der Waals surface area contributed by atoms with Crippen molar-refractivity contribution in [1.29, 1.82) is 0 Å². The molecule has 1 aliphatic carbocycles. The fourth-order valence-corrected chi connectivity index (χ4v) is 2.89. The maximum absolute atomic E-state index is 12.2. The van der Waals surface area contributed by atoms with E-state index < -0.39 is 0 Å². The number of likely N-dealkylation sites (tertiary alicyclic amines) is 1. The van der Waals surface area contributed by atoms with Gasteiger partial charge in [-0.05, 0) is 38.0 Å². The van der Waals surface area contributed by atoms with Gasteiger partial charge >= 0.3 is 0 Å². The summed E-state index contributed by atoms with van der Waals surface area (Å²) < 4.78 is 4.97. The van der Waals surface area contributed by atoms with Gasteiger partial charge in [-0.3, -0.25) is 4.79 Å². The van der Waals surface area contributed by atoms with Crippen LogP contribution in [0.3, 0.4) is 0 Å². The fraction of sp³-hybridized carbons (Fsp3) is 0.786. The monoisotopic (exact) mass is 263 g/mol. The van der Waals surface area contributed by atoms with E-state index in [4.69, 9.17) is 4.52 Å². The highest BCUT2D eigenvalue weighted by atomic mass is 16.5. The lowest BCUT2D eigenvalue weighted by Gasteiger charge is -2.24. The third kappa shape index (κ3) is 3.14. The van der Waals surface area contributed by atoms with E-state index in [2.05, 4.69) is 15.0 Å². The van der Waals surface area contributed by atoms with Crippen LogP contribution in [0.2, 0.25) is 0 Å². The van der Waals surface area contributed by atoms with Crippen molar-refractivity contribution in [1.82, 2.24) is 15.0 Å². The Morgan fingerprint density at radius 3 is 2.95 bits per heavy atom. The Kier molecular flexibility index (Phi) is 3.53. The minimum Gasteiger partial charge on any atom is -0.340 e. The highest BCUT2D eigenvalue weighted by Gasteiger charge is 2.32. The van der Waals surface area contributed by atoms with Crippen LogP contribution in [-0.2, 0) is 11.2 Å². The lowest BCUT2D eigenvalue weighted by molar-refractivity contribution is -0.132. The molecule has 0 spiro atoms. The zero-order chi connectivity index (χ0) is 13.2. The minimum absolute atomic E-state index is 0.356. The van der Waals surface area contributed by atoms with Gasteiger partial charge in [-0.2, -0.15) is 4.98 Å². The summed E-state index contributed by atoms with van der Waals surface area (Å²) in [4.78, 5) is 18.5. The first-order valence-electron chi connectivity index (χ1n) is 7.31. The Labute approximate surface area is 113 Å². The van der Waals surface area contributed by atoms with Gasteiger partial charge in [-0.25, -0.2) is 0 Å². The van der Waals surface area contributed by atoms with Gasteiger partial charge in [0, 0.05) is 32.4 Å². The summed E-state index contributed by atoms with van der Waals surface area (Å²) in [5.74, 6) is 2.41. The zero-order valence-corrected chi connectivity index (χ0v) is 11.5. The van der Waals surface area contributed by atoms with Gasteiger partial charge < -0.3 is 9.42 Å². The van der Waals surface area contributed by atoms with E-state index >= 15 is 0 Å². The molecule has 104 valence electrons. The molecule has 1 atom stereocenters. The van der Waals surface area contributed by atoms with Crippen LogP contribution in [0.1, 0.15) is 50.2 Å². The van der Waals surface area contributed by atoms with Crippen molar-refractivity contribution < 1.29 is 9.32 Å². The van der Waals surface area contributed by atoms with Crippen LogP contribution in [0.4, 0.5) is 0 Å². The Balaban J connectivity index is 1.52. The molecule has 2 heterocycles. The van der Waals surface area contributed by atoms with Crippen LogP contribution in [0.15, 0.2) is 4.52 Å². The van der Waals surface area contributed by atoms with Crippen molar-refractivity contribution >= 4 is 5.91 Å². The second kappa shape index (κ2) is 5.31. The lowest BCUT2D eigenvalue weighted by Crippen LogP contribution is -2.36. The maximum atomic E-state index is 12.2. The highest BCUT2D eigenvalue weighted by Crippen LogP contribution is 2.34. The first-order valence-corrected chi connectivity index (χ1v) is 7.31. The summed E-state index contributed by atoms with van der Waals surface area (Å²) in [6, 6.07) is 0.380. The van der Waals surface area contributed by atoms with Crippen LogP contribution >= 0.6 is 0 Å². The smallest absolute Gasteiger partial charge is 0.223 e. The molecule has 1 aromatic rings. The summed E-state index contributed by atoms with van der Waals surface area (Å²) in [6.45, 7) is 2.74. The fourth-order valence-electron chi connectivity index (χ4n) is 2.89. The Morgan fingerprint density at radius 1 is 1.42 bits per heavy atom. The number of aryl methyl sites for hydroxylation is 2. The minimum atomic E-state index is 0.356. The predicted molar refractivity (Wildman–Crippen MR) is 69.4 cm³/mol. The molecule has 1 saturated heterocycles. The largest absolute Gasteiger partial charge is 0.340 e. The van der Waals surface area contributed by atoms with E-state index in [1.807, 2.05) is 0 Å². The first kappa shape index (κ1) is 12.6. The summed E-state index contributed by atoms with van der Waals surface area (Å²) in [6.07, 6.45) is 7.25. The topological polar surface area (TPSA) is 59.2 Å². The number of amides is 1. The second-order valence-corrected chi connectivity index (χ2v) is 5.80. The Hall–Kier alpha value is -1.39. The van der Waals surface area contributed by atoms with Crippen molar-refractivity contribution in [3.63, 3.8) is 0 Å². The van der Waals surface area contributed by atoms with E-state index in [-0.39, 0.29) is 0 Å². The van der Waals surface area contributed by atoms with E-state index in [1.165, 1.54) is 12.8 Å². The van der Waals surface area contributed by atoms with Crippen molar-refractivity contribution in [3.05, 3.63) is 11.7 Å². The van der Waals surface area contributed by atoms with Crippen molar-refractivity contribution in [2.75, 3.05) is 6.54 Å². The van der Waals surface area contributed by atoms with Crippen LogP contribution in [0, 0.1) is 12.8 Å². The molecule has 1 unspecified atom stereocenters. The molecular formula is C14H21N3O2. The van der Waals surface area contributed by atoms with Crippen LogP contribution in [0.5, 0.6) is 0 Å². The first-order chi connectivity index (χ1) is 9.22. The Bertz CT molecular complexity index is 453. The van der Waals surface area contributed by atoms with E-state index in [1.54, 1.807) is 6.92 Å². The summed E-state index contributed by atoms with van der Waals surface area (Å²) >= 11 is 0. The average molecular weight is 263 g/mol. The van der Waals surface area contributed by atoms with Gasteiger partial charge in [-0.15, -0.1) is 0 Å². The van der Waals surface area contributed by atoms with E-state index in [0.29, 0.717) is 23.8 Å². The van der Waals surface area contributed by atoms with Crippen molar-refractivity contribution in [2.24, 2.45) is 5.92 Å². The van der Waals surface area contributed by atoms with Crippen molar-refractivity contribution in [2.45, 2.75) is 57.9 Å². The van der Waals surface area contributed by atoms with Gasteiger partial charge in [-0.1, -0.05) is 5.16 Å². The molecule has 2 aliphatic rings. The SMILES string of the molecule is Cc1nc(CCC2CCCN2C(=O)CC2CC2)no1. The molecule has 1 saturated carbocycles. The molecule has 1 aliphatic heterocycles. The third-order valence-electron chi connectivity index (χ3n) is 4.13. The molecule has 1 aromatic heterocycles. The zero-order valence-electron chi connectivity index (χ0n) is 11.5. The molecule has 1 amide bonds. The van der Waals surface area contributed by atoms with Crippen LogP contribution in [0.25, 0.3) is 0 Å². The van der Waals surface area contributed by atoms with Crippen LogP contribution in [-0.4, -0.2) is 33.5 Å². The molecule has 19 heavy (non-hydrogen) atoms. The highest BCUT2D eigenvalue weighted by molar-refractivity contribution is 5.77. The molecule has 0 aromatic carbocycles. The van der Waals surface area contributed by atoms with Crippen molar-refractivity contribution in [3.8, 4) is 0 Å². The molecular weight excluding hydrogens is 242 g/mol. The third-order valence-corrected chi connectivity index (χ3v) is 4.13. The summed E-state index contributed by atoms with van der Waals surface area (Å²) in [7, 11) is 0. The Morgan fingerprint density at radius 2 is 2.26 bits per heavy atom. The summed E-state index contributed by atoms with van der Waals surface area (Å²) in [5, 5.41) is 3.92. The molecule has 2 fully saturated rings. The molecule has 0 radical (unpaired) electrons. The number of hydrogen-bond acceptors (Lipinski definition) is 4. The van der Waals surface area contributed by atoms with Gasteiger partial charge in [0.1, 0.15) is 0 Å². The molecule has 0 bridgehead atoms. The number of hydrogen-bond donors (Lipinski definition) is 0. The van der Waals surface area contributed by atoms with Gasteiger partial charge in [0.25, 0.3) is 0 Å². The lowest BCUT2D eigenvalue weighted by atomic mass is 10.1. The molecule has 5 nitrogen and oxygen atoms in total. The second-order valence-electron chi connectivity index (χ2n) is 5.80. The normalized spacial score (nSPS) is 23.0. The number of carbonyl (C=O) groups is 1. The number of aromatic nitrogens is 2. The number of rotatable bonds is 5. The summed E-state index contributed by atoms with van der Waals surface area (Å²) in [5.41, 5.74) is 0. The van der Waals surface area contributed by atoms with E-state index in [0.717, 1.165) is 44.5 Å². The quantitative estimate of drug-likeness (QED) is 0.816.